The van der Waals surface area contributed by atoms with Gasteiger partial charge in [0.25, 0.3) is 5.91 Å². The lowest BCUT2D eigenvalue weighted by molar-refractivity contribution is 0.0714. The van der Waals surface area contributed by atoms with Crippen molar-refractivity contribution in [3.05, 3.63) is 83.3 Å². The van der Waals surface area contributed by atoms with E-state index in [1.54, 1.807) is 31.5 Å². The SMILES string of the molecule is Cc1ncc(C(=O)N2C[C@@H]3CN(c4ncccc4C)C[C@@H]3[C@H]2c2cccc(F)c2)cn1. The number of halogens is 1. The normalized spacial score (nSPS) is 22.6. The van der Waals surface area contributed by atoms with Crippen LogP contribution in [0.2, 0.25) is 0 Å². The molecule has 0 bridgehead atoms. The van der Waals surface area contributed by atoms with Crippen LogP contribution in [-0.4, -0.2) is 45.4 Å². The van der Waals surface area contributed by atoms with Gasteiger partial charge in [0.05, 0.1) is 11.6 Å². The van der Waals surface area contributed by atoms with Gasteiger partial charge in [-0.3, -0.25) is 4.79 Å². The summed E-state index contributed by atoms with van der Waals surface area (Å²) in [6.45, 7) is 6.06. The molecule has 0 N–H and O–H groups in total. The highest BCUT2D eigenvalue weighted by molar-refractivity contribution is 5.94. The van der Waals surface area contributed by atoms with Crippen LogP contribution < -0.4 is 4.90 Å². The number of fused-ring (bicyclic) bond motifs is 1. The Morgan fingerprint density at radius 3 is 2.58 bits per heavy atom. The van der Waals surface area contributed by atoms with Gasteiger partial charge in [-0.15, -0.1) is 0 Å². The molecule has 5 rings (SSSR count). The summed E-state index contributed by atoms with van der Waals surface area (Å²) in [4.78, 5) is 30.5. The number of hydrogen-bond acceptors (Lipinski definition) is 5. The average Bonchev–Trinajstić information content (AvgIpc) is 3.32. The maximum absolute atomic E-state index is 14.1. The second kappa shape index (κ2) is 7.72. The van der Waals surface area contributed by atoms with Crippen LogP contribution >= 0.6 is 0 Å². The van der Waals surface area contributed by atoms with Crippen molar-refractivity contribution in [1.82, 2.24) is 19.9 Å². The Balaban J connectivity index is 1.49. The van der Waals surface area contributed by atoms with E-state index in [1.165, 1.54) is 6.07 Å². The molecule has 2 saturated heterocycles. The molecule has 2 aliphatic heterocycles. The molecule has 158 valence electrons. The van der Waals surface area contributed by atoms with Crippen LogP contribution in [0.15, 0.2) is 55.0 Å². The van der Waals surface area contributed by atoms with Gasteiger partial charge in [0, 0.05) is 50.1 Å². The summed E-state index contributed by atoms with van der Waals surface area (Å²) in [5.74, 6) is 1.69. The fourth-order valence-electron chi connectivity index (χ4n) is 5.02. The lowest BCUT2D eigenvalue weighted by Gasteiger charge is -2.30. The molecule has 31 heavy (non-hydrogen) atoms. The number of aryl methyl sites for hydroxylation is 2. The summed E-state index contributed by atoms with van der Waals surface area (Å²) < 4.78 is 14.1. The predicted molar refractivity (Wildman–Crippen MR) is 115 cm³/mol. The van der Waals surface area contributed by atoms with Gasteiger partial charge in [-0.25, -0.2) is 19.3 Å². The topological polar surface area (TPSA) is 62.2 Å². The number of nitrogens with zero attached hydrogens (tertiary/aromatic N) is 5. The van der Waals surface area contributed by atoms with Gasteiger partial charge >= 0.3 is 0 Å². The molecular weight excluding hydrogens is 393 g/mol. The smallest absolute Gasteiger partial charge is 0.257 e. The van der Waals surface area contributed by atoms with Crippen LogP contribution in [0.3, 0.4) is 0 Å². The Kier molecular flexibility index (Phi) is 4.88. The Labute approximate surface area is 180 Å². The lowest BCUT2D eigenvalue weighted by Crippen LogP contribution is -2.36. The summed E-state index contributed by atoms with van der Waals surface area (Å²) >= 11 is 0. The predicted octanol–water partition coefficient (Wildman–Crippen LogP) is 3.58. The van der Waals surface area contributed by atoms with Crippen LogP contribution in [0.1, 0.15) is 33.4 Å². The minimum Gasteiger partial charge on any atom is -0.356 e. The molecule has 1 amide bonds. The first-order valence-corrected chi connectivity index (χ1v) is 10.5. The van der Waals surface area contributed by atoms with E-state index in [0.717, 1.165) is 30.0 Å². The molecule has 0 unspecified atom stereocenters. The van der Waals surface area contributed by atoms with E-state index in [2.05, 4.69) is 32.8 Å². The van der Waals surface area contributed by atoms with Crippen molar-refractivity contribution < 1.29 is 9.18 Å². The molecule has 6 nitrogen and oxygen atoms in total. The molecule has 3 aromatic rings. The zero-order chi connectivity index (χ0) is 21.5. The third-order valence-corrected chi connectivity index (χ3v) is 6.42. The van der Waals surface area contributed by atoms with Crippen molar-refractivity contribution in [2.45, 2.75) is 19.9 Å². The number of carbonyl (C=O) groups is 1. The van der Waals surface area contributed by atoms with Gasteiger partial charge in [-0.05, 0) is 43.2 Å². The summed E-state index contributed by atoms with van der Waals surface area (Å²) in [6.07, 6.45) is 4.96. The standard InChI is InChI=1S/C24H24FN5O/c1-15-5-4-8-26-23(15)29-12-19-13-30(24(31)18-10-27-16(2)28-11-18)22(21(19)14-29)17-6-3-7-20(25)9-17/h3-11,19,21-22H,12-14H2,1-2H3/t19-,21-,22+/m0/s1. The van der Waals surface area contributed by atoms with Gasteiger partial charge in [0.15, 0.2) is 0 Å². The van der Waals surface area contributed by atoms with E-state index in [9.17, 15) is 9.18 Å². The summed E-state index contributed by atoms with van der Waals surface area (Å²) in [7, 11) is 0. The van der Waals surface area contributed by atoms with E-state index < -0.39 is 0 Å². The lowest BCUT2D eigenvalue weighted by atomic mass is 9.89. The van der Waals surface area contributed by atoms with Crippen LogP contribution in [0.5, 0.6) is 0 Å². The monoisotopic (exact) mass is 417 g/mol. The quantitative estimate of drug-likeness (QED) is 0.652. The van der Waals surface area contributed by atoms with Crippen LogP contribution in [0.25, 0.3) is 0 Å². The second-order valence-corrected chi connectivity index (χ2v) is 8.45. The van der Waals surface area contributed by atoms with E-state index in [1.807, 2.05) is 23.2 Å². The van der Waals surface area contributed by atoms with E-state index in [-0.39, 0.29) is 29.6 Å². The summed E-state index contributed by atoms with van der Waals surface area (Å²) in [5, 5.41) is 0. The minimum absolute atomic E-state index is 0.107. The van der Waals surface area contributed by atoms with E-state index >= 15 is 0 Å². The van der Waals surface area contributed by atoms with Crippen LogP contribution in [0.4, 0.5) is 10.2 Å². The largest absolute Gasteiger partial charge is 0.356 e. The van der Waals surface area contributed by atoms with Crippen molar-refractivity contribution in [2.75, 3.05) is 24.5 Å². The number of rotatable bonds is 3. The van der Waals surface area contributed by atoms with Gasteiger partial charge in [0.1, 0.15) is 17.5 Å². The van der Waals surface area contributed by atoms with Crippen molar-refractivity contribution in [2.24, 2.45) is 11.8 Å². The first kappa shape index (κ1) is 19.6. The molecule has 3 atom stereocenters. The zero-order valence-corrected chi connectivity index (χ0v) is 17.6. The number of likely N-dealkylation sites (tertiary alicyclic amines) is 1. The third kappa shape index (κ3) is 3.54. The van der Waals surface area contributed by atoms with Gasteiger partial charge in [0.2, 0.25) is 0 Å². The molecule has 0 spiro atoms. The molecule has 4 heterocycles. The number of amides is 1. The molecule has 0 radical (unpaired) electrons. The maximum Gasteiger partial charge on any atom is 0.257 e. The first-order chi connectivity index (χ1) is 15.0. The highest BCUT2D eigenvalue weighted by Gasteiger charge is 2.49. The second-order valence-electron chi connectivity index (χ2n) is 8.45. The summed E-state index contributed by atoms with van der Waals surface area (Å²) in [6, 6.07) is 10.4. The Bertz CT molecular complexity index is 1120. The zero-order valence-electron chi connectivity index (χ0n) is 17.6. The summed E-state index contributed by atoms with van der Waals surface area (Å²) in [5.41, 5.74) is 2.42. The molecule has 2 aliphatic rings. The van der Waals surface area contributed by atoms with Crippen molar-refractivity contribution >= 4 is 11.7 Å². The molecule has 1 aromatic carbocycles. The van der Waals surface area contributed by atoms with E-state index in [4.69, 9.17) is 0 Å². The highest BCUT2D eigenvalue weighted by Crippen LogP contribution is 2.46. The van der Waals surface area contributed by atoms with Gasteiger partial charge in [-0.1, -0.05) is 18.2 Å². The van der Waals surface area contributed by atoms with Crippen molar-refractivity contribution in [1.29, 1.82) is 0 Å². The first-order valence-electron chi connectivity index (χ1n) is 10.5. The number of hydrogen-bond donors (Lipinski definition) is 0. The molecular formula is C24H24FN5O. The minimum atomic E-state index is -0.289. The van der Waals surface area contributed by atoms with Crippen LogP contribution in [-0.2, 0) is 0 Å². The van der Waals surface area contributed by atoms with Crippen molar-refractivity contribution in [3.63, 3.8) is 0 Å². The average molecular weight is 417 g/mol. The maximum atomic E-state index is 14.1. The Morgan fingerprint density at radius 1 is 1.03 bits per heavy atom. The third-order valence-electron chi connectivity index (χ3n) is 6.42. The van der Waals surface area contributed by atoms with Gasteiger partial charge < -0.3 is 9.80 Å². The number of carbonyl (C=O) groups excluding carboxylic acids is 1. The van der Waals surface area contributed by atoms with Gasteiger partial charge in [-0.2, -0.15) is 0 Å². The van der Waals surface area contributed by atoms with Crippen molar-refractivity contribution in [3.8, 4) is 0 Å². The molecule has 7 heteroatoms. The Morgan fingerprint density at radius 2 is 1.84 bits per heavy atom. The molecule has 0 saturated carbocycles. The number of anilines is 1. The van der Waals surface area contributed by atoms with E-state index in [0.29, 0.717) is 17.9 Å². The molecule has 2 aromatic heterocycles. The highest BCUT2D eigenvalue weighted by atomic mass is 19.1. The number of aromatic nitrogens is 3. The Hall–Kier alpha value is -3.35. The number of benzene rings is 1. The van der Waals surface area contributed by atoms with Crippen LogP contribution in [0, 0.1) is 31.5 Å². The molecule has 2 fully saturated rings. The number of pyridine rings is 1. The fraction of sp³-hybridized carbons (Fsp3) is 0.333. The fourth-order valence-corrected chi connectivity index (χ4v) is 5.02. The molecule has 0 aliphatic carbocycles.